The molecule has 0 bridgehead atoms. The number of ketones is 1. The van der Waals surface area contributed by atoms with E-state index in [9.17, 15) is 4.79 Å². The van der Waals surface area contributed by atoms with E-state index < -0.39 is 0 Å². The number of benzene rings is 1. The molecule has 14 heavy (non-hydrogen) atoms. The molecule has 1 aliphatic heterocycles. The Morgan fingerprint density at radius 2 is 2.14 bits per heavy atom. The Morgan fingerprint density at radius 3 is 2.86 bits per heavy atom. The van der Waals surface area contributed by atoms with E-state index in [1.807, 2.05) is 32.0 Å². The van der Waals surface area contributed by atoms with E-state index in [2.05, 4.69) is 11.4 Å². The average Bonchev–Trinajstić information content (AvgIpc) is 2.60. The molecule has 1 heterocycles. The van der Waals surface area contributed by atoms with Crippen molar-refractivity contribution in [3.8, 4) is 0 Å². The molecule has 1 atom stereocenters. The number of hydrogen-bond donors (Lipinski definition) is 1. The average molecular weight is 189 g/mol. The molecule has 2 rings (SSSR count). The van der Waals surface area contributed by atoms with Crippen molar-refractivity contribution in [3.63, 3.8) is 0 Å². The first-order chi connectivity index (χ1) is 6.70. The number of hydrogen-bond acceptors (Lipinski definition) is 2. The van der Waals surface area contributed by atoms with E-state index in [1.54, 1.807) is 0 Å². The van der Waals surface area contributed by atoms with Crippen LogP contribution in [0.2, 0.25) is 0 Å². The maximum atomic E-state index is 11.8. The molecular formula is C12H15NO. The van der Waals surface area contributed by atoms with Crippen LogP contribution in [0.1, 0.15) is 31.0 Å². The number of carbonyl (C=O) groups excluding carboxylic acids is 1. The summed E-state index contributed by atoms with van der Waals surface area (Å²) >= 11 is 0. The topological polar surface area (TPSA) is 29.1 Å². The molecule has 1 N–H and O–H groups in total. The second kappa shape index (κ2) is 3.54. The van der Waals surface area contributed by atoms with Crippen LogP contribution in [0.25, 0.3) is 0 Å². The first-order valence-electron chi connectivity index (χ1n) is 5.05. The Bertz CT molecular complexity index is 357. The Morgan fingerprint density at radius 1 is 1.43 bits per heavy atom. The number of rotatable bonds is 2. The lowest BCUT2D eigenvalue weighted by Gasteiger charge is -2.13. The lowest BCUT2D eigenvalue weighted by Crippen LogP contribution is -2.25. The fraction of sp³-hybridized carbons (Fsp3) is 0.417. The van der Waals surface area contributed by atoms with Gasteiger partial charge in [-0.15, -0.1) is 0 Å². The van der Waals surface area contributed by atoms with Gasteiger partial charge in [-0.3, -0.25) is 10.1 Å². The highest BCUT2D eigenvalue weighted by Crippen LogP contribution is 2.27. The number of nitrogens with one attached hydrogen (secondary N) is 1. The van der Waals surface area contributed by atoms with E-state index in [0.29, 0.717) is 0 Å². The van der Waals surface area contributed by atoms with E-state index in [0.717, 1.165) is 12.1 Å². The minimum Gasteiger partial charge on any atom is -0.300 e. The summed E-state index contributed by atoms with van der Waals surface area (Å²) < 4.78 is 0. The lowest BCUT2D eigenvalue weighted by molar-refractivity contribution is -0.123. The van der Waals surface area contributed by atoms with Crippen molar-refractivity contribution < 1.29 is 4.79 Å². The van der Waals surface area contributed by atoms with Gasteiger partial charge in [-0.25, -0.2) is 0 Å². The van der Waals surface area contributed by atoms with Gasteiger partial charge >= 0.3 is 0 Å². The Balaban J connectivity index is 2.30. The van der Waals surface area contributed by atoms with Crippen LogP contribution < -0.4 is 5.32 Å². The van der Waals surface area contributed by atoms with Crippen molar-refractivity contribution >= 4 is 5.78 Å². The van der Waals surface area contributed by atoms with Gasteiger partial charge in [-0.2, -0.15) is 0 Å². The van der Waals surface area contributed by atoms with Gasteiger partial charge in [-0.1, -0.05) is 38.1 Å². The van der Waals surface area contributed by atoms with Crippen molar-refractivity contribution in [3.05, 3.63) is 35.4 Å². The Labute approximate surface area is 84.3 Å². The molecule has 74 valence electrons. The second-order valence-electron chi connectivity index (χ2n) is 4.07. The summed E-state index contributed by atoms with van der Waals surface area (Å²) in [7, 11) is 0. The van der Waals surface area contributed by atoms with Crippen LogP contribution in [0, 0.1) is 5.92 Å². The molecule has 2 nitrogen and oxygen atoms in total. The largest absolute Gasteiger partial charge is 0.300 e. The molecule has 0 aliphatic carbocycles. The zero-order valence-electron chi connectivity index (χ0n) is 8.58. The first-order valence-corrected chi connectivity index (χ1v) is 5.05. The van der Waals surface area contributed by atoms with Gasteiger partial charge in [0.2, 0.25) is 0 Å². The van der Waals surface area contributed by atoms with Crippen LogP contribution in [0.5, 0.6) is 0 Å². The predicted molar refractivity (Wildman–Crippen MR) is 55.9 cm³/mol. The SMILES string of the molecule is CC(C)C(=O)[C@@H]1NCc2ccccc21. The molecule has 0 aromatic heterocycles. The molecule has 1 aliphatic rings. The third kappa shape index (κ3) is 1.46. The summed E-state index contributed by atoms with van der Waals surface area (Å²) in [4.78, 5) is 11.8. The molecule has 1 aromatic rings. The Hall–Kier alpha value is -1.15. The highest BCUT2D eigenvalue weighted by atomic mass is 16.1. The standard InChI is InChI=1S/C12H15NO/c1-8(2)12(14)11-10-6-4-3-5-9(10)7-13-11/h3-6,8,11,13H,7H2,1-2H3/t11-/m1/s1. The molecule has 1 aromatic carbocycles. The van der Waals surface area contributed by atoms with Crippen LogP contribution in [-0.4, -0.2) is 5.78 Å². The van der Waals surface area contributed by atoms with Crippen molar-refractivity contribution in [1.29, 1.82) is 0 Å². The molecule has 0 radical (unpaired) electrons. The molecule has 0 saturated carbocycles. The summed E-state index contributed by atoms with van der Waals surface area (Å²) in [5, 5.41) is 3.25. The summed E-state index contributed by atoms with van der Waals surface area (Å²) in [6.07, 6.45) is 0. The fourth-order valence-corrected chi connectivity index (χ4v) is 1.89. The van der Waals surface area contributed by atoms with Crippen LogP contribution in [-0.2, 0) is 11.3 Å². The van der Waals surface area contributed by atoms with E-state index in [4.69, 9.17) is 0 Å². The van der Waals surface area contributed by atoms with Crippen molar-refractivity contribution in [1.82, 2.24) is 5.32 Å². The van der Waals surface area contributed by atoms with Crippen molar-refractivity contribution in [2.24, 2.45) is 5.92 Å². The van der Waals surface area contributed by atoms with Gasteiger partial charge in [0.15, 0.2) is 5.78 Å². The summed E-state index contributed by atoms with van der Waals surface area (Å²) in [5.41, 5.74) is 2.41. The number of fused-ring (bicyclic) bond motifs is 1. The van der Waals surface area contributed by atoms with Gasteiger partial charge in [0, 0.05) is 12.5 Å². The third-order valence-electron chi connectivity index (χ3n) is 2.72. The number of carbonyl (C=O) groups is 1. The van der Waals surface area contributed by atoms with Crippen LogP contribution in [0.4, 0.5) is 0 Å². The second-order valence-corrected chi connectivity index (χ2v) is 4.07. The quantitative estimate of drug-likeness (QED) is 0.771. The summed E-state index contributed by atoms with van der Waals surface area (Å²) in [6.45, 7) is 4.72. The maximum Gasteiger partial charge on any atom is 0.156 e. The minimum atomic E-state index is -0.0776. The predicted octanol–water partition coefficient (Wildman–Crippen LogP) is 2.06. The molecule has 0 saturated heterocycles. The summed E-state index contributed by atoms with van der Waals surface area (Å²) in [5.74, 6) is 0.383. The molecule has 2 heteroatoms. The van der Waals surface area contributed by atoms with Gasteiger partial charge in [0.1, 0.15) is 0 Å². The first kappa shape index (κ1) is 9.41. The van der Waals surface area contributed by atoms with Crippen LogP contribution in [0.15, 0.2) is 24.3 Å². The van der Waals surface area contributed by atoms with Gasteiger partial charge in [0.25, 0.3) is 0 Å². The normalized spacial score (nSPS) is 19.8. The van der Waals surface area contributed by atoms with E-state index in [1.165, 1.54) is 5.56 Å². The zero-order chi connectivity index (χ0) is 10.1. The molecule has 0 amide bonds. The molecular weight excluding hydrogens is 174 g/mol. The van der Waals surface area contributed by atoms with E-state index in [-0.39, 0.29) is 17.7 Å². The summed E-state index contributed by atoms with van der Waals surface area (Å²) in [6, 6.07) is 8.05. The minimum absolute atomic E-state index is 0.0776. The molecule has 0 spiro atoms. The van der Waals surface area contributed by atoms with Gasteiger partial charge in [0.05, 0.1) is 6.04 Å². The lowest BCUT2D eigenvalue weighted by atomic mass is 9.96. The third-order valence-corrected chi connectivity index (χ3v) is 2.72. The molecule has 0 unspecified atom stereocenters. The smallest absolute Gasteiger partial charge is 0.156 e. The van der Waals surface area contributed by atoms with Crippen LogP contribution in [0.3, 0.4) is 0 Å². The monoisotopic (exact) mass is 189 g/mol. The van der Waals surface area contributed by atoms with Crippen LogP contribution >= 0.6 is 0 Å². The Kier molecular flexibility index (Phi) is 2.38. The molecule has 0 fully saturated rings. The highest BCUT2D eigenvalue weighted by Gasteiger charge is 2.28. The van der Waals surface area contributed by atoms with E-state index >= 15 is 0 Å². The van der Waals surface area contributed by atoms with Gasteiger partial charge < -0.3 is 0 Å². The fourth-order valence-electron chi connectivity index (χ4n) is 1.89. The van der Waals surface area contributed by atoms with Gasteiger partial charge in [-0.05, 0) is 11.1 Å². The van der Waals surface area contributed by atoms with Crippen molar-refractivity contribution in [2.75, 3.05) is 0 Å². The maximum absolute atomic E-state index is 11.8. The zero-order valence-corrected chi connectivity index (χ0v) is 8.58. The van der Waals surface area contributed by atoms with Crippen molar-refractivity contribution in [2.45, 2.75) is 26.4 Å². The highest BCUT2D eigenvalue weighted by molar-refractivity contribution is 5.87. The number of Topliss-reactive ketones (excluding diaryl/α,β-unsaturated/α-hetero) is 1.